The molecule has 7 heteroatoms. The second-order valence-corrected chi connectivity index (χ2v) is 5.71. The number of anilines is 1. The molecule has 2 rings (SSSR count). The Kier molecular flexibility index (Phi) is 5.00. The van der Waals surface area contributed by atoms with Gasteiger partial charge in [0.25, 0.3) is 0 Å². The topological polar surface area (TPSA) is 52.6 Å². The lowest BCUT2D eigenvalue weighted by molar-refractivity contribution is 0.107. The molecular weight excluding hydrogens is 302 g/mol. The minimum absolute atomic E-state index is 0.00215. The first kappa shape index (κ1) is 16.0. The second kappa shape index (κ2) is 6.58. The molecule has 0 bridgehead atoms. The Morgan fingerprint density at radius 1 is 1.48 bits per heavy atom. The first-order valence-electron chi connectivity index (χ1n) is 6.75. The zero-order valence-electron chi connectivity index (χ0n) is 11.6. The fourth-order valence-electron chi connectivity index (χ4n) is 2.45. The van der Waals surface area contributed by atoms with Crippen LogP contribution in [0, 0.1) is 17.6 Å². The highest BCUT2D eigenvalue weighted by atomic mass is 35.5. The summed E-state index contributed by atoms with van der Waals surface area (Å²) >= 11 is 5.76. The molecule has 1 aliphatic rings. The summed E-state index contributed by atoms with van der Waals surface area (Å²) in [5.41, 5.74) is -0.235. The van der Waals surface area contributed by atoms with E-state index in [-0.39, 0.29) is 29.3 Å². The van der Waals surface area contributed by atoms with Gasteiger partial charge in [0.2, 0.25) is 0 Å². The van der Waals surface area contributed by atoms with Crippen LogP contribution in [0.2, 0.25) is 5.02 Å². The molecule has 0 spiro atoms. The lowest BCUT2D eigenvalue weighted by Crippen LogP contribution is -2.48. The number of carbonyl (C=O) groups is 1. The van der Waals surface area contributed by atoms with Gasteiger partial charge in [-0.25, -0.2) is 13.6 Å². The van der Waals surface area contributed by atoms with Gasteiger partial charge in [-0.15, -0.1) is 0 Å². The predicted octanol–water partition coefficient (Wildman–Crippen LogP) is 3.24. The SMILES string of the molecule is CC1CCC(CO)CN1C(=O)Nc1c(F)cc(F)cc1Cl. The number of piperidine rings is 1. The molecule has 21 heavy (non-hydrogen) atoms. The molecule has 2 atom stereocenters. The van der Waals surface area contributed by atoms with Crippen molar-refractivity contribution in [3.8, 4) is 0 Å². The van der Waals surface area contributed by atoms with Crippen molar-refractivity contribution in [1.29, 1.82) is 0 Å². The number of carbonyl (C=O) groups excluding carboxylic acids is 1. The molecule has 0 radical (unpaired) electrons. The van der Waals surface area contributed by atoms with Crippen LogP contribution in [0.5, 0.6) is 0 Å². The van der Waals surface area contributed by atoms with E-state index in [0.29, 0.717) is 12.6 Å². The maximum absolute atomic E-state index is 13.7. The Balaban J connectivity index is 2.14. The third-order valence-corrected chi connectivity index (χ3v) is 4.04. The Labute approximate surface area is 126 Å². The first-order valence-corrected chi connectivity index (χ1v) is 7.13. The molecule has 116 valence electrons. The number of urea groups is 1. The molecule has 1 fully saturated rings. The fraction of sp³-hybridized carbons (Fsp3) is 0.500. The summed E-state index contributed by atoms with van der Waals surface area (Å²) in [5, 5.41) is 11.4. The van der Waals surface area contributed by atoms with Gasteiger partial charge in [0, 0.05) is 25.3 Å². The van der Waals surface area contributed by atoms with E-state index in [1.165, 1.54) is 4.90 Å². The van der Waals surface area contributed by atoms with Crippen molar-refractivity contribution >= 4 is 23.3 Å². The summed E-state index contributed by atoms with van der Waals surface area (Å²) < 4.78 is 26.7. The van der Waals surface area contributed by atoms with E-state index in [1.54, 1.807) is 0 Å². The fourth-order valence-corrected chi connectivity index (χ4v) is 2.70. The maximum Gasteiger partial charge on any atom is 0.322 e. The maximum atomic E-state index is 13.7. The number of aliphatic hydroxyl groups excluding tert-OH is 1. The van der Waals surface area contributed by atoms with Crippen LogP contribution in [-0.2, 0) is 0 Å². The van der Waals surface area contributed by atoms with Gasteiger partial charge in [0.15, 0.2) is 5.82 Å². The highest BCUT2D eigenvalue weighted by Gasteiger charge is 2.29. The molecule has 1 aromatic carbocycles. The third-order valence-electron chi connectivity index (χ3n) is 3.74. The Hall–Kier alpha value is -1.40. The monoisotopic (exact) mass is 318 g/mol. The second-order valence-electron chi connectivity index (χ2n) is 5.30. The molecule has 0 aliphatic carbocycles. The highest BCUT2D eigenvalue weighted by molar-refractivity contribution is 6.33. The molecule has 1 saturated heterocycles. The Bertz CT molecular complexity index is 519. The Morgan fingerprint density at radius 2 is 2.19 bits per heavy atom. The Morgan fingerprint density at radius 3 is 2.81 bits per heavy atom. The predicted molar refractivity (Wildman–Crippen MR) is 76.4 cm³/mol. The van der Waals surface area contributed by atoms with E-state index < -0.39 is 17.7 Å². The van der Waals surface area contributed by atoms with E-state index in [9.17, 15) is 18.7 Å². The molecule has 1 heterocycles. The number of halogens is 3. The van der Waals surface area contributed by atoms with Crippen LogP contribution in [0.1, 0.15) is 19.8 Å². The summed E-state index contributed by atoms with van der Waals surface area (Å²) in [6.45, 7) is 2.28. The lowest BCUT2D eigenvalue weighted by atomic mass is 9.94. The minimum atomic E-state index is -0.920. The zero-order valence-corrected chi connectivity index (χ0v) is 12.3. The van der Waals surface area contributed by atoms with Crippen molar-refractivity contribution in [2.45, 2.75) is 25.8 Å². The largest absolute Gasteiger partial charge is 0.396 e. The number of aliphatic hydroxyl groups is 1. The normalized spacial score (nSPS) is 22.2. The van der Waals surface area contributed by atoms with Gasteiger partial charge in [-0.3, -0.25) is 0 Å². The number of hydrogen-bond donors (Lipinski definition) is 2. The van der Waals surface area contributed by atoms with Crippen molar-refractivity contribution in [1.82, 2.24) is 4.90 Å². The van der Waals surface area contributed by atoms with Crippen LogP contribution in [0.3, 0.4) is 0 Å². The van der Waals surface area contributed by atoms with E-state index in [2.05, 4.69) is 5.32 Å². The summed E-state index contributed by atoms with van der Waals surface area (Å²) in [4.78, 5) is 13.8. The van der Waals surface area contributed by atoms with Crippen molar-refractivity contribution in [2.75, 3.05) is 18.5 Å². The number of nitrogens with zero attached hydrogens (tertiary/aromatic N) is 1. The molecule has 2 amide bonds. The first-order chi connectivity index (χ1) is 9.92. The van der Waals surface area contributed by atoms with Crippen LogP contribution in [0.25, 0.3) is 0 Å². The summed E-state index contributed by atoms with van der Waals surface area (Å²) in [7, 11) is 0. The summed E-state index contributed by atoms with van der Waals surface area (Å²) in [5.74, 6) is -1.71. The van der Waals surface area contributed by atoms with Crippen LogP contribution < -0.4 is 5.32 Å². The lowest BCUT2D eigenvalue weighted by Gasteiger charge is -2.37. The standard InChI is InChI=1S/C14H17ClF2N2O2/c1-8-2-3-9(7-20)6-19(8)14(21)18-13-11(15)4-10(16)5-12(13)17/h4-5,8-9,20H,2-3,6-7H2,1H3,(H,18,21). The highest BCUT2D eigenvalue weighted by Crippen LogP contribution is 2.28. The number of benzene rings is 1. The molecular formula is C14H17ClF2N2O2. The van der Waals surface area contributed by atoms with Gasteiger partial charge < -0.3 is 15.3 Å². The van der Waals surface area contributed by atoms with E-state index in [0.717, 1.165) is 18.9 Å². The van der Waals surface area contributed by atoms with Gasteiger partial charge in [0.1, 0.15) is 5.82 Å². The van der Waals surface area contributed by atoms with Crippen LogP contribution in [0.15, 0.2) is 12.1 Å². The molecule has 0 aromatic heterocycles. The smallest absolute Gasteiger partial charge is 0.322 e. The number of nitrogens with one attached hydrogen (secondary N) is 1. The van der Waals surface area contributed by atoms with Crippen molar-refractivity contribution < 1.29 is 18.7 Å². The van der Waals surface area contributed by atoms with Crippen LogP contribution in [0.4, 0.5) is 19.3 Å². The van der Waals surface area contributed by atoms with Gasteiger partial charge in [-0.2, -0.15) is 0 Å². The van der Waals surface area contributed by atoms with E-state index in [1.807, 2.05) is 6.92 Å². The van der Waals surface area contributed by atoms with Gasteiger partial charge >= 0.3 is 6.03 Å². The zero-order chi connectivity index (χ0) is 15.6. The van der Waals surface area contributed by atoms with E-state index in [4.69, 9.17) is 11.6 Å². The molecule has 2 unspecified atom stereocenters. The van der Waals surface area contributed by atoms with Gasteiger partial charge in [-0.1, -0.05) is 11.6 Å². The molecule has 4 nitrogen and oxygen atoms in total. The van der Waals surface area contributed by atoms with Crippen molar-refractivity contribution in [3.05, 3.63) is 28.8 Å². The molecule has 1 aliphatic heterocycles. The van der Waals surface area contributed by atoms with Crippen molar-refractivity contribution in [2.24, 2.45) is 5.92 Å². The van der Waals surface area contributed by atoms with Gasteiger partial charge in [0.05, 0.1) is 10.7 Å². The quantitative estimate of drug-likeness (QED) is 0.879. The summed E-state index contributed by atoms with van der Waals surface area (Å²) in [6, 6.07) is 1.08. The number of rotatable bonds is 2. The number of likely N-dealkylation sites (tertiary alicyclic amines) is 1. The molecule has 2 N–H and O–H groups in total. The van der Waals surface area contributed by atoms with Gasteiger partial charge in [-0.05, 0) is 31.7 Å². The third kappa shape index (κ3) is 3.63. The average Bonchev–Trinajstić information content (AvgIpc) is 2.43. The number of amides is 2. The van der Waals surface area contributed by atoms with Crippen molar-refractivity contribution in [3.63, 3.8) is 0 Å². The van der Waals surface area contributed by atoms with Crippen LogP contribution >= 0.6 is 11.6 Å². The molecule has 0 saturated carbocycles. The molecule has 1 aromatic rings. The summed E-state index contributed by atoms with van der Waals surface area (Å²) in [6.07, 6.45) is 1.60. The number of hydrogen-bond acceptors (Lipinski definition) is 2. The average molecular weight is 319 g/mol. The van der Waals surface area contributed by atoms with Crippen LogP contribution in [-0.4, -0.2) is 35.2 Å². The minimum Gasteiger partial charge on any atom is -0.396 e. The van der Waals surface area contributed by atoms with E-state index >= 15 is 0 Å².